The Bertz CT molecular complexity index is 801. The Hall–Kier alpha value is -2.38. The molecule has 2 aliphatic rings. The highest BCUT2D eigenvalue weighted by atomic mass is 32.1. The number of aromatic nitrogens is 1. The quantitative estimate of drug-likeness (QED) is 0.746. The summed E-state index contributed by atoms with van der Waals surface area (Å²) in [5, 5.41) is 6.46. The number of H-pyrrole nitrogens is 1. The van der Waals surface area contributed by atoms with Crippen molar-refractivity contribution in [3.63, 3.8) is 0 Å². The van der Waals surface area contributed by atoms with Crippen LogP contribution in [0.1, 0.15) is 33.8 Å². The van der Waals surface area contributed by atoms with Crippen LogP contribution in [0.2, 0.25) is 0 Å². The highest BCUT2D eigenvalue weighted by Gasteiger charge is 2.28. The number of rotatable bonds is 4. The number of aromatic amines is 1. The molecule has 0 spiro atoms. The lowest BCUT2D eigenvalue weighted by Gasteiger charge is -2.09. The van der Waals surface area contributed by atoms with E-state index in [2.05, 4.69) is 15.6 Å². The van der Waals surface area contributed by atoms with Gasteiger partial charge in [-0.15, -0.1) is 11.3 Å². The standard InChI is InChI=1S/C17H17N3O3S/c21-15-12(7-10-3-1-5-18-10)13-8-14(24-17(13)20-15)16(22)19-9-11-4-2-6-23-11/h1,3,5,7-8,11,18H,2,4,6,9H2,(H,19,22)(H,20,21)/b12-7-. The first kappa shape index (κ1) is 15.2. The van der Waals surface area contributed by atoms with Gasteiger partial charge in [-0.25, -0.2) is 0 Å². The first-order chi connectivity index (χ1) is 11.7. The fourth-order valence-corrected chi connectivity index (χ4v) is 3.90. The molecule has 124 valence electrons. The number of amides is 2. The van der Waals surface area contributed by atoms with Crippen molar-refractivity contribution in [2.45, 2.75) is 18.9 Å². The van der Waals surface area contributed by atoms with E-state index in [1.807, 2.05) is 12.1 Å². The topological polar surface area (TPSA) is 83.2 Å². The fourth-order valence-electron chi connectivity index (χ4n) is 2.92. The normalized spacial score (nSPS) is 21.1. The molecule has 2 aromatic heterocycles. The van der Waals surface area contributed by atoms with E-state index < -0.39 is 0 Å². The highest BCUT2D eigenvalue weighted by molar-refractivity contribution is 7.18. The van der Waals surface area contributed by atoms with Gasteiger partial charge in [-0.2, -0.15) is 0 Å². The molecule has 0 radical (unpaired) electrons. The maximum absolute atomic E-state index is 12.3. The molecule has 1 saturated heterocycles. The van der Waals surface area contributed by atoms with E-state index in [0.717, 1.165) is 35.7 Å². The number of fused-ring (bicyclic) bond motifs is 1. The monoisotopic (exact) mass is 343 g/mol. The summed E-state index contributed by atoms with van der Waals surface area (Å²) in [6.07, 6.45) is 5.75. The zero-order chi connectivity index (χ0) is 16.5. The molecule has 7 heteroatoms. The number of carbonyl (C=O) groups is 2. The Morgan fingerprint density at radius 2 is 2.42 bits per heavy atom. The summed E-state index contributed by atoms with van der Waals surface area (Å²) in [7, 11) is 0. The Morgan fingerprint density at radius 1 is 1.50 bits per heavy atom. The third-order valence-electron chi connectivity index (χ3n) is 4.15. The van der Waals surface area contributed by atoms with Crippen LogP contribution in [0.4, 0.5) is 5.00 Å². The smallest absolute Gasteiger partial charge is 0.261 e. The Morgan fingerprint density at radius 3 is 3.17 bits per heavy atom. The number of thiophene rings is 1. The second-order valence-corrected chi connectivity index (χ2v) is 6.89. The molecule has 4 heterocycles. The van der Waals surface area contributed by atoms with E-state index in [1.165, 1.54) is 11.3 Å². The molecule has 2 amide bonds. The van der Waals surface area contributed by atoms with Crippen LogP contribution < -0.4 is 10.6 Å². The minimum atomic E-state index is -0.142. The molecule has 1 fully saturated rings. The number of hydrogen-bond acceptors (Lipinski definition) is 4. The van der Waals surface area contributed by atoms with E-state index in [4.69, 9.17) is 4.74 Å². The van der Waals surface area contributed by atoms with Crippen LogP contribution in [0, 0.1) is 0 Å². The van der Waals surface area contributed by atoms with Gasteiger partial charge in [-0.3, -0.25) is 9.59 Å². The summed E-state index contributed by atoms with van der Waals surface area (Å²) in [6.45, 7) is 1.30. The maximum Gasteiger partial charge on any atom is 0.261 e. The van der Waals surface area contributed by atoms with Crippen molar-refractivity contribution in [2.75, 3.05) is 18.5 Å². The number of hydrogen-bond donors (Lipinski definition) is 3. The minimum absolute atomic E-state index is 0.115. The first-order valence-electron chi connectivity index (χ1n) is 7.91. The molecule has 24 heavy (non-hydrogen) atoms. The molecule has 0 aromatic carbocycles. The number of anilines is 1. The van der Waals surface area contributed by atoms with Crippen molar-refractivity contribution >= 4 is 39.8 Å². The van der Waals surface area contributed by atoms with Gasteiger partial charge in [0.25, 0.3) is 11.8 Å². The van der Waals surface area contributed by atoms with Crippen LogP contribution in [-0.4, -0.2) is 36.1 Å². The summed E-state index contributed by atoms with van der Waals surface area (Å²) < 4.78 is 5.51. The van der Waals surface area contributed by atoms with Gasteiger partial charge in [0.1, 0.15) is 5.00 Å². The van der Waals surface area contributed by atoms with E-state index in [-0.39, 0.29) is 17.9 Å². The van der Waals surface area contributed by atoms with Crippen LogP contribution in [-0.2, 0) is 9.53 Å². The lowest BCUT2D eigenvalue weighted by Crippen LogP contribution is -2.31. The van der Waals surface area contributed by atoms with Gasteiger partial charge in [0, 0.05) is 30.6 Å². The second kappa shape index (κ2) is 6.26. The van der Waals surface area contributed by atoms with Gasteiger partial charge in [0.05, 0.1) is 16.6 Å². The van der Waals surface area contributed by atoms with Gasteiger partial charge in [-0.1, -0.05) is 0 Å². The molecule has 4 rings (SSSR count). The summed E-state index contributed by atoms with van der Waals surface area (Å²) in [5.41, 5.74) is 2.20. The first-order valence-corrected chi connectivity index (χ1v) is 8.73. The summed E-state index contributed by atoms with van der Waals surface area (Å²) in [6, 6.07) is 5.54. The highest BCUT2D eigenvalue weighted by Crippen LogP contribution is 2.39. The van der Waals surface area contributed by atoms with Crippen molar-refractivity contribution in [3.8, 4) is 0 Å². The average molecular weight is 343 g/mol. The van der Waals surface area contributed by atoms with E-state index in [9.17, 15) is 9.59 Å². The number of ether oxygens (including phenoxy) is 1. The molecule has 0 aliphatic carbocycles. The third-order valence-corrected chi connectivity index (χ3v) is 5.20. The van der Waals surface area contributed by atoms with E-state index >= 15 is 0 Å². The molecular formula is C17H17N3O3S. The van der Waals surface area contributed by atoms with Gasteiger partial charge in [0.15, 0.2) is 0 Å². The van der Waals surface area contributed by atoms with Crippen molar-refractivity contribution in [1.82, 2.24) is 10.3 Å². The van der Waals surface area contributed by atoms with Gasteiger partial charge in [0.2, 0.25) is 0 Å². The number of nitrogens with one attached hydrogen (secondary N) is 3. The molecule has 6 nitrogen and oxygen atoms in total. The summed E-state index contributed by atoms with van der Waals surface area (Å²) in [5.74, 6) is -0.268. The average Bonchev–Trinajstić information content (AvgIpc) is 3.32. The maximum atomic E-state index is 12.3. The zero-order valence-electron chi connectivity index (χ0n) is 12.9. The Balaban J connectivity index is 1.51. The van der Waals surface area contributed by atoms with Crippen LogP contribution in [0.5, 0.6) is 0 Å². The fraction of sp³-hybridized carbons (Fsp3) is 0.294. The molecule has 3 N–H and O–H groups in total. The van der Waals surface area contributed by atoms with Crippen LogP contribution in [0.3, 0.4) is 0 Å². The summed E-state index contributed by atoms with van der Waals surface area (Å²) >= 11 is 1.30. The molecule has 0 bridgehead atoms. The predicted octanol–water partition coefficient (Wildman–Crippen LogP) is 2.48. The summed E-state index contributed by atoms with van der Waals surface area (Å²) in [4.78, 5) is 28.1. The molecule has 0 saturated carbocycles. The van der Waals surface area contributed by atoms with Crippen LogP contribution >= 0.6 is 11.3 Å². The second-order valence-electron chi connectivity index (χ2n) is 5.84. The number of carbonyl (C=O) groups excluding carboxylic acids is 2. The lowest BCUT2D eigenvalue weighted by atomic mass is 10.1. The molecule has 2 aliphatic heterocycles. The van der Waals surface area contributed by atoms with Crippen LogP contribution in [0.25, 0.3) is 11.6 Å². The lowest BCUT2D eigenvalue weighted by molar-refractivity contribution is -0.110. The Labute approximate surface area is 142 Å². The Kier molecular flexibility index (Phi) is 3.95. The molecule has 2 aromatic rings. The van der Waals surface area contributed by atoms with Crippen molar-refractivity contribution in [3.05, 3.63) is 40.5 Å². The molecular weight excluding hydrogens is 326 g/mol. The molecule has 1 atom stereocenters. The van der Waals surface area contributed by atoms with Gasteiger partial charge < -0.3 is 20.4 Å². The van der Waals surface area contributed by atoms with Gasteiger partial charge in [-0.05, 0) is 37.1 Å². The van der Waals surface area contributed by atoms with Crippen LogP contribution in [0.15, 0.2) is 24.4 Å². The van der Waals surface area contributed by atoms with E-state index in [1.54, 1.807) is 18.3 Å². The largest absolute Gasteiger partial charge is 0.376 e. The van der Waals surface area contributed by atoms with Crippen molar-refractivity contribution < 1.29 is 14.3 Å². The zero-order valence-corrected chi connectivity index (χ0v) is 13.7. The third kappa shape index (κ3) is 2.88. The van der Waals surface area contributed by atoms with Gasteiger partial charge >= 0.3 is 0 Å². The van der Waals surface area contributed by atoms with Crippen molar-refractivity contribution in [1.29, 1.82) is 0 Å². The minimum Gasteiger partial charge on any atom is -0.376 e. The predicted molar refractivity (Wildman–Crippen MR) is 92.9 cm³/mol. The van der Waals surface area contributed by atoms with E-state index in [0.29, 0.717) is 17.0 Å². The van der Waals surface area contributed by atoms with Crippen molar-refractivity contribution in [2.24, 2.45) is 0 Å². The molecule has 1 unspecified atom stereocenters. The SMILES string of the molecule is O=C1Nc2sc(C(=O)NCC3CCCO3)cc2/C1=C/c1ccc[nH]1.